The molecule has 0 radical (unpaired) electrons. The van der Waals surface area contributed by atoms with Gasteiger partial charge >= 0.3 is 0 Å². The predicted octanol–water partition coefficient (Wildman–Crippen LogP) is 2.24. The second-order valence-corrected chi connectivity index (χ2v) is 3.77. The van der Waals surface area contributed by atoms with E-state index in [9.17, 15) is 9.50 Å². The summed E-state index contributed by atoms with van der Waals surface area (Å²) in [6.07, 6.45) is 0.278. The zero-order valence-electron chi connectivity index (χ0n) is 9.43. The van der Waals surface area contributed by atoms with E-state index in [0.29, 0.717) is 24.6 Å². The molecule has 1 N–H and O–H groups in total. The van der Waals surface area contributed by atoms with Crippen LogP contribution in [0, 0.1) is 5.82 Å². The number of hydrogen-bond acceptors (Lipinski definition) is 4. The summed E-state index contributed by atoms with van der Waals surface area (Å²) in [6, 6.07) is 6.09. The Labute approximate surface area is 98.1 Å². The highest BCUT2D eigenvalue weighted by atomic mass is 19.1. The van der Waals surface area contributed by atoms with Crippen molar-refractivity contribution in [3.63, 3.8) is 0 Å². The van der Waals surface area contributed by atoms with E-state index >= 15 is 0 Å². The lowest BCUT2D eigenvalue weighted by molar-refractivity contribution is 0.159. The molecule has 17 heavy (non-hydrogen) atoms. The zero-order chi connectivity index (χ0) is 12.3. The topological polar surface area (TPSA) is 59.2 Å². The quantitative estimate of drug-likeness (QED) is 0.884. The Balaban J connectivity index is 2.08. The maximum Gasteiger partial charge on any atom is 0.231 e. The van der Waals surface area contributed by atoms with E-state index in [1.54, 1.807) is 12.1 Å². The molecular weight excluding hydrogens is 223 g/mol. The summed E-state index contributed by atoms with van der Waals surface area (Å²) in [5, 5.41) is 13.2. The van der Waals surface area contributed by atoms with Crippen molar-refractivity contribution in [2.24, 2.45) is 0 Å². The summed E-state index contributed by atoms with van der Waals surface area (Å²) in [4.78, 5) is 4.08. The van der Waals surface area contributed by atoms with Crippen LogP contribution in [0.15, 0.2) is 28.8 Å². The van der Waals surface area contributed by atoms with Crippen molar-refractivity contribution in [1.82, 2.24) is 10.1 Å². The molecule has 0 saturated carbocycles. The number of rotatable bonds is 4. The Morgan fingerprint density at radius 3 is 2.71 bits per heavy atom. The van der Waals surface area contributed by atoms with Crippen LogP contribution in [0.25, 0.3) is 0 Å². The minimum absolute atomic E-state index is 0.277. The van der Waals surface area contributed by atoms with Crippen LogP contribution in [0.2, 0.25) is 0 Å². The Morgan fingerprint density at radius 2 is 2.06 bits per heavy atom. The van der Waals surface area contributed by atoms with Crippen LogP contribution < -0.4 is 0 Å². The highest BCUT2D eigenvalue weighted by Crippen LogP contribution is 2.14. The van der Waals surface area contributed by atoms with Gasteiger partial charge in [-0.15, -0.1) is 0 Å². The highest BCUT2D eigenvalue weighted by molar-refractivity contribution is 5.19. The van der Waals surface area contributed by atoms with Crippen LogP contribution in [-0.4, -0.2) is 15.2 Å². The first kappa shape index (κ1) is 11.7. The SMILES string of the molecule is CCC(O)c1noc(Cc2ccc(F)cc2)n1. The fourth-order valence-electron chi connectivity index (χ4n) is 1.43. The van der Waals surface area contributed by atoms with E-state index in [2.05, 4.69) is 10.1 Å². The third kappa shape index (κ3) is 2.88. The molecule has 5 heteroatoms. The number of hydrogen-bond donors (Lipinski definition) is 1. The van der Waals surface area contributed by atoms with Crippen molar-refractivity contribution in [1.29, 1.82) is 0 Å². The molecule has 0 fully saturated rings. The van der Waals surface area contributed by atoms with E-state index in [0.717, 1.165) is 5.56 Å². The third-order valence-electron chi connectivity index (χ3n) is 2.44. The average molecular weight is 236 g/mol. The molecule has 1 aromatic carbocycles. The van der Waals surface area contributed by atoms with Crippen molar-refractivity contribution in [3.05, 3.63) is 47.4 Å². The molecule has 1 unspecified atom stereocenters. The van der Waals surface area contributed by atoms with Crippen LogP contribution in [0.5, 0.6) is 0 Å². The van der Waals surface area contributed by atoms with Gasteiger partial charge in [-0.05, 0) is 24.1 Å². The third-order valence-corrected chi connectivity index (χ3v) is 2.44. The minimum Gasteiger partial charge on any atom is -0.385 e. The maximum absolute atomic E-state index is 12.7. The minimum atomic E-state index is -0.694. The molecule has 90 valence electrons. The van der Waals surface area contributed by atoms with E-state index in [1.165, 1.54) is 12.1 Å². The van der Waals surface area contributed by atoms with Gasteiger partial charge in [-0.25, -0.2) is 4.39 Å². The summed E-state index contributed by atoms with van der Waals surface area (Å²) >= 11 is 0. The van der Waals surface area contributed by atoms with Crippen LogP contribution in [-0.2, 0) is 6.42 Å². The van der Waals surface area contributed by atoms with Crippen molar-refractivity contribution < 1.29 is 14.0 Å². The highest BCUT2D eigenvalue weighted by Gasteiger charge is 2.13. The van der Waals surface area contributed by atoms with Gasteiger partial charge in [-0.1, -0.05) is 24.2 Å². The van der Waals surface area contributed by atoms with Crippen LogP contribution in [0.4, 0.5) is 4.39 Å². The lowest BCUT2D eigenvalue weighted by Crippen LogP contribution is -1.98. The molecule has 2 aromatic rings. The van der Waals surface area contributed by atoms with Crippen molar-refractivity contribution >= 4 is 0 Å². The van der Waals surface area contributed by atoms with Gasteiger partial charge in [0, 0.05) is 0 Å². The van der Waals surface area contributed by atoms with Gasteiger partial charge in [0.05, 0.1) is 6.42 Å². The first-order valence-corrected chi connectivity index (χ1v) is 5.44. The number of aliphatic hydroxyl groups is 1. The molecule has 0 bridgehead atoms. The van der Waals surface area contributed by atoms with Gasteiger partial charge in [-0.2, -0.15) is 4.98 Å². The van der Waals surface area contributed by atoms with Crippen molar-refractivity contribution in [3.8, 4) is 0 Å². The molecule has 1 atom stereocenters. The van der Waals surface area contributed by atoms with Gasteiger partial charge < -0.3 is 9.63 Å². The van der Waals surface area contributed by atoms with Crippen molar-refractivity contribution in [2.75, 3.05) is 0 Å². The molecular formula is C12H13FN2O2. The summed E-state index contributed by atoms with van der Waals surface area (Å²) in [5.41, 5.74) is 0.882. The van der Waals surface area contributed by atoms with Crippen LogP contribution in [0.3, 0.4) is 0 Å². The Bertz CT molecular complexity index is 482. The number of benzene rings is 1. The molecule has 0 aliphatic rings. The van der Waals surface area contributed by atoms with Gasteiger partial charge in [-0.3, -0.25) is 0 Å². The molecule has 4 nitrogen and oxygen atoms in total. The van der Waals surface area contributed by atoms with E-state index in [-0.39, 0.29) is 5.82 Å². The summed E-state index contributed by atoms with van der Waals surface area (Å²) < 4.78 is 17.7. The fraction of sp³-hybridized carbons (Fsp3) is 0.333. The zero-order valence-corrected chi connectivity index (χ0v) is 9.43. The van der Waals surface area contributed by atoms with Gasteiger partial charge in [0.15, 0.2) is 5.82 Å². The number of nitrogens with zero attached hydrogens (tertiary/aromatic N) is 2. The predicted molar refractivity (Wildman–Crippen MR) is 58.8 cm³/mol. The summed E-state index contributed by atoms with van der Waals surface area (Å²) in [7, 11) is 0. The number of halogens is 1. The summed E-state index contributed by atoms with van der Waals surface area (Å²) in [5.74, 6) is 0.435. The fourth-order valence-corrected chi connectivity index (χ4v) is 1.43. The van der Waals surface area contributed by atoms with Crippen molar-refractivity contribution in [2.45, 2.75) is 25.9 Å². The van der Waals surface area contributed by atoms with Crippen LogP contribution >= 0.6 is 0 Å². The van der Waals surface area contributed by atoms with Crippen LogP contribution in [0.1, 0.15) is 36.7 Å². The van der Waals surface area contributed by atoms with E-state index < -0.39 is 6.10 Å². The first-order valence-electron chi connectivity index (χ1n) is 5.44. The molecule has 2 rings (SSSR count). The molecule has 0 saturated heterocycles. The van der Waals surface area contributed by atoms with E-state index in [1.807, 2.05) is 6.92 Å². The lowest BCUT2D eigenvalue weighted by Gasteiger charge is -1.98. The Kier molecular flexibility index (Phi) is 3.49. The standard InChI is InChI=1S/C12H13FN2O2/c1-2-10(16)12-14-11(17-15-12)7-8-3-5-9(13)6-4-8/h3-6,10,16H,2,7H2,1H3. The monoisotopic (exact) mass is 236 g/mol. The number of aliphatic hydroxyl groups excluding tert-OH is 1. The van der Waals surface area contributed by atoms with Gasteiger partial charge in [0.25, 0.3) is 0 Å². The Hall–Kier alpha value is -1.75. The molecule has 1 heterocycles. The summed E-state index contributed by atoms with van der Waals surface area (Å²) in [6.45, 7) is 1.83. The second-order valence-electron chi connectivity index (χ2n) is 3.77. The second kappa shape index (κ2) is 5.05. The molecule has 0 amide bonds. The molecule has 1 aromatic heterocycles. The normalized spacial score (nSPS) is 12.6. The Morgan fingerprint density at radius 1 is 1.35 bits per heavy atom. The van der Waals surface area contributed by atoms with Gasteiger partial charge in [0.1, 0.15) is 11.9 Å². The largest absolute Gasteiger partial charge is 0.385 e. The van der Waals surface area contributed by atoms with Gasteiger partial charge in [0.2, 0.25) is 5.89 Å². The molecule has 0 aliphatic carbocycles. The average Bonchev–Trinajstić information content (AvgIpc) is 2.80. The lowest BCUT2D eigenvalue weighted by atomic mass is 10.1. The van der Waals surface area contributed by atoms with E-state index in [4.69, 9.17) is 4.52 Å². The number of aromatic nitrogens is 2. The maximum atomic E-state index is 12.7. The molecule has 0 aliphatic heterocycles. The molecule has 0 spiro atoms. The smallest absolute Gasteiger partial charge is 0.231 e. The first-order chi connectivity index (χ1) is 8.19.